The number of rotatable bonds is 9. The van der Waals surface area contributed by atoms with E-state index in [0.29, 0.717) is 35.2 Å². The summed E-state index contributed by atoms with van der Waals surface area (Å²) in [6, 6.07) is 16.4. The average Bonchev–Trinajstić information content (AvgIpc) is 2.77. The second-order valence-electron chi connectivity index (χ2n) is 6.56. The van der Waals surface area contributed by atoms with Gasteiger partial charge in [0.1, 0.15) is 17.8 Å². The zero-order valence-corrected chi connectivity index (χ0v) is 16.7. The van der Waals surface area contributed by atoms with Crippen LogP contribution in [0.15, 0.2) is 60.9 Å². The van der Waals surface area contributed by atoms with Gasteiger partial charge in [-0.1, -0.05) is 38.0 Å². The Kier molecular flexibility index (Phi) is 7.16. The van der Waals surface area contributed by atoms with Crippen LogP contribution in [0.3, 0.4) is 0 Å². The van der Waals surface area contributed by atoms with Crippen molar-refractivity contribution in [2.75, 3.05) is 13.7 Å². The van der Waals surface area contributed by atoms with Crippen LogP contribution < -0.4 is 14.8 Å². The highest BCUT2D eigenvalue weighted by Gasteiger charge is 2.08. The van der Waals surface area contributed by atoms with Crippen LogP contribution in [0.5, 0.6) is 17.4 Å². The van der Waals surface area contributed by atoms with Crippen molar-refractivity contribution in [2.45, 2.75) is 26.2 Å². The Morgan fingerprint density at radius 3 is 2.55 bits per heavy atom. The molecular formula is C23H25N3O3. The van der Waals surface area contributed by atoms with E-state index in [9.17, 15) is 4.79 Å². The fourth-order valence-electron chi connectivity index (χ4n) is 2.81. The molecule has 1 N–H and O–H groups in total. The number of carbonyl (C=O) groups is 1. The van der Waals surface area contributed by atoms with Crippen LogP contribution in [-0.2, 0) is 0 Å². The second kappa shape index (κ2) is 10.2. The number of aromatic nitrogens is 2. The van der Waals surface area contributed by atoms with Gasteiger partial charge < -0.3 is 14.8 Å². The Bertz CT molecular complexity index is 942. The molecule has 2 aromatic carbocycles. The molecule has 150 valence electrons. The number of amides is 1. The summed E-state index contributed by atoms with van der Waals surface area (Å²) >= 11 is 0. The lowest BCUT2D eigenvalue weighted by Crippen LogP contribution is -2.24. The third-order valence-electron chi connectivity index (χ3n) is 4.41. The van der Waals surface area contributed by atoms with Crippen molar-refractivity contribution in [3.8, 4) is 28.6 Å². The molecule has 1 heterocycles. The molecule has 0 radical (unpaired) electrons. The SMILES string of the molecule is CCCCCNC(=O)c1ccc(-c2cc(Oc3cccc(OC)c3)ncn2)cc1. The van der Waals surface area contributed by atoms with E-state index in [1.165, 1.54) is 6.33 Å². The maximum atomic E-state index is 12.2. The molecule has 1 amide bonds. The highest BCUT2D eigenvalue weighted by molar-refractivity contribution is 5.94. The Balaban J connectivity index is 1.67. The van der Waals surface area contributed by atoms with Crippen LogP contribution in [0.1, 0.15) is 36.5 Å². The van der Waals surface area contributed by atoms with Crippen molar-refractivity contribution in [3.63, 3.8) is 0 Å². The van der Waals surface area contributed by atoms with Crippen LogP contribution in [-0.4, -0.2) is 29.5 Å². The summed E-state index contributed by atoms with van der Waals surface area (Å²) in [5.41, 5.74) is 2.23. The van der Waals surface area contributed by atoms with Gasteiger partial charge >= 0.3 is 0 Å². The number of carbonyl (C=O) groups excluding carboxylic acids is 1. The van der Waals surface area contributed by atoms with Crippen LogP contribution in [0.2, 0.25) is 0 Å². The topological polar surface area (TPSA) is 73.3 Å². The predicted molar refractivity (Wildman–Crippen MR) is 112 cm³/mol. The Labute approximate surface area is 170 Å². The van der Waals surface area contributed by atoms with Crippen molar-refractivity contribution in [3.05, 3.63) is 66.5 Å². The second-order valence-corrected chi connectivity index (χ2v) is 6.56. The number of unbranched alkanes of at least 4 members (excludes halogenated alkanes) is 2. The third kappa shape index (κ3) is 5.78. The summed E-state index contributed by atoms with van der Waals surface area (Å²) in [7, 11) is 1.61. The molecule has 1 aromatic heterocycles. The van der Waals surface area contributed by atoms with Crippen molar-refractivity contribution in [1.82, 2.24) is 15.3 Å². The molecule has 3 aromatic rings. The maximum absolute atomic E-state index is 12.2. The molecule has 0 saturated carbocycles. The number of methoxy groups -OCH3 is 1. The van der Waals surface area contributed by atoms with Crippen molar-refractivity contribution < 1.29 is 14.3 Å². The van der Waals surface area contributed by atoms with E-state index in [1.807, 2.05) is 30.3 Å². The van der Waals surface area contributed by atoms with Crippen LogP contribution >= 0.6 is 0 Å². The molecule has 0 bridgehead atoms. The first-order valence-electron chi connectivity index (χ1n) is 9.72. The van der Waals surface area contributed by atoms with Gasteiger partial charge in [0.05, 0.1) is 12.8 Å². The van der Waals surface area contributed by atoms with Crippen molar-refractivity contribution in [2.24, 2.45) is 0 Å². The fraction of sp³-hybridized carbons (Fsp3) is 0.261. The molecular weight excluding hydrogens is 366 g/mol. The van der Waals surface area contributed by atoms with E-state index in [2.05, 4.69) is 22.2 Å². The van der Waals surface area contributed by atoms with E-state index in [4.69, 9.17) is 9.47 Å². The summed E-state index contributed by atoms with van der Waals surface area (Å²) in [6.07, 6.45) is 4.70. The number of ether oxygens (including phenoxy) is 2. The van der Waals surface area contributed by atoms with E-state index < -0.39 is 0 Å². The monoisotopic (exact) mass is 391 g/mol. The lowest BCUT2D eigenvalue weighted by molar-refractivity contribution is 0.0953. The molecule has 0 saturated heterocycles. The van der Waals surface area contributed by atoms with Gasteiger partial charge in [-0.2, -0.15) is 0 Å². The van der Waals surface area contributed by atoms with Crippen LogP contribution in [0, 0.1) is 0 Å². The fourth-order valence-corrected chi connectivity index (χ4v) is 2.81. The largest absolute Gasteiger partial charge is 0.497 e. The minimum atomic E-state index is -0.0580. The molecule has 0 atom stereocenters. The summed E-state index contributed by atoms with van der Waals surface area (Å²) in [5.74, 6) is 1.71. The van der Waals surface area contributed by atoms with Crippen molar-refractivity contribution in [1.29, 1.82) is 0 Å². The van der Waals surface area contributed by atoms with Gasteiger partial charge in [-0.3, -0.25) is 4.79 Å². The minimum Gasteiger partial charge on any atom is -0.497 e. The van der Waals surface area contributed by atoms with Crippen molar-refractivity contribution >= 4 is 5.91 Å². The number of hydrogen-bond donors (Lipinski definition) is 1. The van der Waals surface area contributed by atoms with Gasteiger partial charge in [-0.15, -0.1) is 0 Å². The zero-order chi connectivity index (χ0) is 20.5. The first kappa shape index (κ1) is 20.3. The van der Waals surface area contributed by atoms with Gasteiger partial charge in [0, 0.05) is 29.8 Å². The highest BCUT2D eigenvalue weighted by Crippen LogP contribution is 2.26. The summed E-state index contributed by atoms with van der Waals surface area (Å²) in [4.78, 5) is 20.7. The molecule has 3 rings (SSSR count). The molecule has 0 aliphatic heterocycles. The van der Waals surface area contributed by atoms with E-state index in [-0.39, 0.29) is 5.91 Å². The first-order valence-corrected chi connectivity index (χ1v) is 9.72. The van der Waals surface area contributed by atoms with Gasteiger partial charge in [0.2, 0.25) is 5.88 Å². The number of benzene rings is 2. The normalized spacial score (nSPS) is 10.4. The summed E-state index contributed by atoms with van der Waals surface area (Å²) in [5, 5.41) is 2.94. The van der Waals surface area contributed by atoms with Crippen LogP contribution in [0.4, 0.5) is 0 Å². The number of nitrogens with one attached hydrogen (secondary N) is 1. The third-order valence-corrected chi connectivity index (χ3v) is 4.41. The molecule has 0 aliphatic rings. The number of hydrogen-bond acceptors (Lipinski definition) is 5. The lowest BCUT2D eigenvalue weighted by Gasteiger charge is -2.08. The maximum Gasteiger partial charge on any atom is 0.251 e. The van der Waals surface area contributed by atoms with E-state index in [1.54, 1.807) is 31.4 Å². The molecule has 0 aliphatic carbocycles. The average molecular weight is 391 g/mol. The molecule has 6 nitrogen and oxygen atoms in total. The number of nitrogens with zero attached hydrogens (tertiary/aromatic N) is 2. The lowest BCUT2D eigenvalue weighted by atomic mass is 10.1. The Hall–Kier alpha value is -3.41. The smallest absolute Gasteiger partial charge is 0.251 e. The summed E-state index contributed by atoms with van der Waals surface area (Å²) < 4.78 is 11.0. The van der Waals surface area contributed by atoms with E-state index >= 15 is 0 Å². The van der Waals surface area contributed by atoms with Gasteiger partial charge in [0.25, 0.3) is 5.91 Å². The molecule has 0 spiro atoms. The summed E-state index contributed by atoms with van der Waals surface area (Å²) in [6.45, 7) is 2.84. The van der Waals surface area contributed by atoms with Crippen LogP contribution in [0.25, 0.3) is 11.3 Å². The standard InChI is InChI=1S/C23H25N3O3/c1-3-4-5-13-24-23(27)18-11-9-17(10-12-18)21-15-22(26-16-25-21)29-20-8-6-7-19(14-20)28-2/h6-12,14-16H,3-5,13H2,1-2H3,(H,24,27). The van der Waals surface area contributed by atoms with E-state index in [0.717, 1.165) is 24.8 Å². The molecule has 0 unspecified atom stereocenters. The van der Waals surface area contributed by atoms with Gasteiger partial charge in [-0.05, 0) is 30.7 Å². The minimum absolute atomic E-state index is 0.0580. The van der Waals surface area contributed by atoms with Gasteiger partial charge in [0.15, 0.2) is 0 Å². The molecule has 0 fully saturated rings. The zero-order valence-electron chi connectivity index (χ0n) is 16.7. The van der Waals surface area contributed by atoms with Gasteiger partial charge in [-0.25, -0.2) is 9.97 Å². The Morgan fingerprint density at radius 2 is 1.79 bits per heavy atom. The molecule has 29 heavy (non-hydrogen) atoms. The first-order chi connectivity index (χ1) is 14.2. The quantitative estimate of drug-likeness (QED) is 0.527. The highest BCUT2D eigenvalue weighted by atomic mass is 16.5. The molecule has 6 heteroatoms. The predicted octanol–water partition coefficient (Wildman–Crippen LogP) is 4.86. The Morgan fingerprint density at radius 1 is 1.00 bits per heavy atom.